The average Bonchev–Trinajstić information content (AvgIpc) is 3.48. The van der Waals surface area contributed by atoms with Gasteiger partial charge >= 0.3 is 0 Å². The topological polar surface area (TPSA) is 69.7 Å². The predicted octanol–water partition coefficient (Wildman–Crippen LogP) is 4.80. The molecule has 3 aromatic rings. The zero-order chi connectivity index (χ0) is 21.0. The highest BCUT2D eigenvalue weighted by molar-refractivity contribution is 8.18. The minimum atomic E-state index is -3.13. The van der Waals surface area contributed by atoms with Crippen LogP contribution >= 0.6 is 23.5 Å². The largest absolute Gasteiger partial charge is 0.479 e. The molecular formula is C21H18O5S4. The van der Waals surface area contributed by atoms with Crippen molar-refractivity contribution >= 4 is 44.2 Å². The molecule has 0 bridgehead atoms. The first kappa shape index (κ1) is 21.3. The number of ether oxygens (including phenoxy) is 2. The number of rotatable bonds is 0. The molecule has 3 aromatic carbocycles. The van der Waals surface area contributed by atoms with E-state index in [-0.39, 0.29) is 5.94 Å². The molecule has 0 radical (unpaired) electrons. The molecular weight excluding hydrogens is 460 g/mol. The van der Waals surface area contributed by atoms with Crippen molar-refractivity contribution in [2.75, 3.05) is 17.0 Å². The summed E-state index contributed by atoms with van der Waals surface area (Å²) >= 11 is 3.86. The molecule has 0 aromatic heterocycles. The Labute approximate surface area is 186 Å². The molecule has 0 amide bonds. The third-order valence-electron chi connectivity index (χ3n) is 4.25. The van der Waals surface area contributed by atoms with E-state index in [1.807, 2.05) is 47.8 Å². The molecule has 0 spiro atoms. The summed E-state index contributed by atoms with van der Waals surface area (Å²) in [5.41, 5.74) is 0. The van der Waals surface area contributed by atoms with Gasteiger partial charge in [0.05, 0.1) is 15.7 Å². The molecule has 1 atom stereocenters. The molecule has 0 aliphatic carbocycles. The van der Waals surface area contributed by atoms with E-state index in [2.05, 4.69) is 24.3 Å². The number of sulfone groups is 1. The highest BCUT2D eigenvalue weighted by Gasteiger charge is 2.26. The second-order valence-corrected chi connectivity index (χ2v) is 11.9. The van der Waals surface area contributed by atoms with Crippen LogP contribution in [0.5, 0.6) is 11.5 Å². The van der Waals surface area contributed by atoms with Crippen LogP contribution in [0.1, 0.15) is 0 Å². The van der Waals surface area contributed by atoms with Gasteiger partial charge in [-0.05, 0) is 36.4 Å². The molecule has 9 heteroatoms. The maximum atomic E-state index is 11.1. The second kappa shape index (κ2) is 9.47. The highest BCUT2D eigenvalue weighted by Crippen LogP contribution is 2.40. The zero-order valence-corrected chi connectivity index (χ0v) is 19.0. The fourth-order valence-electron chi connectivity index (χ4n) is 2.81. The van der Waals surface area contributed by atoms with Crippen LogP contribution in [0.15, 0.2) is 92.4 Å². The van der Waals surface area contributed by atoms with E-state index >= 15 is 0 Å². The maximum Gasteiger partial charge on any atom is 0.216 e. The van der Waals surface area contributed by atoms with Gasteiger partial charge < -0.3 is 9.47 Å². The SMILES string of the molecule is O=S1(=O)COc2ccccc21.O=S1COc2ccccc21.c1ccc2c(c1)SCS2. The molecule has 3 aliphatic heterocycles. The smallest absolute Gasteiger partial charge is 0.216 e. The minimum Gasteiger partial charge on any atom is -0.479 e. The van der Waals surface area contributed by atoms with E-state index in [1.165, 1.54) is 14.9 Å². The van der Waals surface area contributed by atoms with Crippen LogP contribution in [-0.2, 0) is 20.6 Å². The van der Waals surface area contributed by atoms with Gasteiger partial charge in [0.1, 0.15) is 16.4 Å². The Kier molecular flexibility index (Phi) is 6.72. The Morgan fingerprint density at radius 3 is 2.03 bits per heavy atom. The highest BCUT2D eigenvalue weighted by atomic mass is 32.2. The molecule has 3 heterocycles. The lowest BCUT2D eigenvalue weighted by atomic mass is 10.3. The number of hydrogen-bond acceptors (Lipinski definition) is 7. The third-order valence-corrected chi connectivity index (χ3v) is 9.25. The Balaban J connectivity index is 0.000000109. The van der Waals surface area contributed by atoms with Gasteiger partial charge in [-0.15, -0.1) is 23.5 Å². The third kappa shape index (κ3) is 4.85. The van der Waals surface area contributed by atoms with Gasteiger partial charge in [-0.1, -0.05) is 36.4 Å². The van der Waals surface area contributed by atoms with Gasteiger partial charge in [0.25, 0.3) is 0 Å². The summed E-state index contributed by atoms with van der Waals surface area (Å²) in [6, 6.07) is 22.6. The first-order valence-corrected chi connectivity index (χ1v) is 13.9. The van der Waals surface area contributed by atoms with Gasteiger partial charge in [0.15, 0.2) is 11.9 Å². The van der Waals surface area contributed by atoms with Crippen LogP contribution < -0.4 is 9.47 Å². The number of thioether (sulfide) groups is 2. The van der Waals surface area contributed by atoms with Crippen molar-refractivity contribution in [2.45, 2.75) is 19.6 Å². The molecule has 1 unspecified atom stereocenters. The minimum absolute atomic E-state index is 0.216. The molecule has 0 saturated heterocycles. The number of para-hydroxylation sites is 2. The summed E-state index contributed by atoms with van der Waals surface area (Å²) in [4.78, 5) is 4.02. The van der Waals surface area contributed by atoms with E-state index in [0.29, 0.717) is 16.6 Å². The molecule has 30 heavy (non-hydrogen) atoms. The lowest BCUT2D eigenvalue weighted by molar-refractivity contribution is 0.389. The fourth-order valence-corrected chi connectivity index (χ4v) is 7.26. The van der Waals surface area contributed by atoms with Crippen molar-refractivity contribution in [3.05, 3.63) is 72.8 Å². The Morgan fingerprint density at radius 2 is 1.37 bits per heavy atom. The number of fused-ring (bicyclic) bond motifs is 3. The standard InChI is InChI=1S/C7H6O3S.C7H6O2S.C7H6S2/c8-11(9)5-10-6-3-1-2-4-7(6)11;8-10-5-9-6-3-1-2-4-7(6)10;1-2-4-7-6(3-1)8-5-9-7/h1-4H,5H2;1-4H,5H2;1-4H,5H2. The zero-order valence-electron chi connectivity index (χ0n) is 15.7. The summed E-state index contributed by atoms with van der Waals surface area (Å²) < 4.78 is 43.3. The van der Waals surface area contributed by atoms with E-state index in [4.69, 9.17) is 9.47 Å². The van der Waals surface area contributed by atoms with Gasteiger partial charge in [0, 0.05) is 14.9 Å². The average molecular weight is 479 g/mol. The van der Waals surface area contributed by atoms with Crippen molar-refractivity contribution in [3.63, 3.8) is 0 Å². The van der Waals surface area contributed by atoms with Crippen LogP contribution in [-0.4, -0.2) is 29.6 Å². The van der Waals surface area contributed by atoms with Crippen molar-refractivity contribution < 1.29 is 22.1 Å². The van der Waals surface area contributed by atoms with Crippen molar-refractivity contribution in [2.24, 2.45) is 0 Å². The molecule has 156 valence electrons. The maximum absolute atomic E-state index is 11.1. The molecule has 6 rings (SSSR count). The van der Waals surface area contributed by atoms with Crippen LogP contribution in [0.3, 0.4) is 0 Å². The van der Waals surface area contributed by atoms with Crippen molar-refractivity contribution in [3.8, 4) is 11.5 Å². The summed E-state index contributed by atoms with van der Waals surface area (Å²) in [6.45, 7) is 0. The van der Waals surface area contributed by atoms with Crippen LogP contribution in [0.4, 0.5) is 0 Å². The van der Waals surface area contributed by atoms with Crippen LogP contribution in [0.2, 0.25) is 0 Å². The quantitative estimate of drug-likeness (QED) is 0.460. The van der Waals surface area contributed by atoms with Gasteiger partial charge in [-0.25, -0.2) is 8.42 Å². The van der Waals surface area contributed by atoms with Crippen molar-refractivity contribution in [1.29, 1.82) is 0 Å². The normalized spacial score (nSPS) is 18.9. The first-order valence-electron chi connectivity index (χ1n) is 8.94. The van der Waals surface area contributed by atoms with Crippen LogP contribution in [0, 0.1) is 0 Å². The predicted molar refractivity (Wildman–Crippen MR) is 120 cm³/mol. The van der Waals surface area contributed by atoms with Gasteiger partial charge in [0.2, 0.25) is 9.84 Å². The second-order valence-electron chi connectivity index (χ2n) is 6.23. The van der Waals surface area contributed by atoms with E-state index in [9.17, 15) is 12.6 Å². The van der Waals surface area contributed by atoms with E-state index in [1.54, 1.807) is 24.3 Å². The molecule has 0 N–H and O–H groups in total. The summed E-state index contributed by atoms with van der Waals surface area (Å²) in [5.74, 6) is 1.33. The Morgan fingerprint density at radius 1 is 0.767 bits per heavy atom. The molecule has 3 aliphatic rings. The summed E-state index contributed by atoms with van der Waals surface area (Å²) in [7, 11) is -4.05. The fraction of sp³-hybridized carbons (Fsp3) is 0.143. The lowest BCUT2D eigenvalue weighted by Crippen LogP contribution is -2.01. The summed E-state index contributed by atoms with van der Waals surface area (Å²) in [6.07, 6.45) is 0. The lowest BCUT2D eigenvalue weighted by Gasteiger charge is -1.91. The van der Waals surface area contributed by atoms with E-state index < -0.39 is 20.6 Å². The molecule has 0 saturated carbocycles. The Hall–Kier alpha value is -1.94. The number of hydrogen-bond donors (Lipinski definition) is 0. The molecule has 5 nitrogen and oxygen atoms in total. The van der Waals surface area contributed by atoms with Crippen LogP contribution in [0.25, 0.3) is 0 Å². The molecule has 0 fully saturated rings. The first-order chi connectivity index (χ1) is 14.5. The van der Waals surface area contributed by atoms with E-state index in [0.717, 1.165) is 10.6 Å². The van der Waals surface area contributed by atoms with Gasteiger partial charge in [-0.2, -0.15) is 0 Å². The monoisotopic (exact) mass is 478 g/mol. The number of benzene rings is 3. The Bertz CT molecular complexity index is 1150. The van der Waals surface area contributed by atoms with Gasteiger partial charge in [-0.3, -0.25) is 4.21 Å². The van der Waals surface area contributed by atoms with Crippen molar-refractivity contribution in [1.82, 2.24) is 0 Å². The summed E-state index contributed by atoms with van der Waals surface area (Å²) in [5, 5.41) is 1.19.